The van der Waals surface area contributed by atoms with Crippen LogP contribution in [0.5, 0.6) is 0 Å². The van der Waals surface area contributed by atoms with Gasteiger partial charge in [0.1, 0.15) is 5.69 Å². The van der Waals surface area contributed by atoms with E-state index in [0.717, 1.165) is 85.0 Å². The lowest BCUT2D eigenvalue weighted by atomic mass is 9.73. The molecule has 3 aliphatic rings. The number of halogens is 2. The summed E-state index contributed by atoms with van der Waals surface area (Å²) in [5, 5.41) is 8.11. The summed E-state index contributed by atoms with van der Waals surface area (Å²) >= 11 is 0.959. The Morgan fingerprint density at radius 1 is 1.24 bits per heavy atom. The highest BCUT2D eigenvalue weighted by atomic mass is 32.1. The molecule has 3 fully saturated rings. The highest BCUT2D eigenvalue weighted by molar-refractivity contribution is 7.14. The van der Waals surface area contributed by atoms with Gasteiger partial charge in [0.25, 0.3) is 6.43 Å². The van der Waals surface area contributed by atoms with E-state index in [1.54, 1.807) is 0 Å². The van der Waals surface area contributed by atoms with Gasteiger partial charge in [-0.3, -0.25) is 4.40 Å². The number of fused-ring (bicyclic) bond motifs is 1. The van der Waals surface area contributed by atoms with Crippen LogP contribution < -0.4 is 10.6 Å². The number of pyridine rings is 1. The van der Waals surface area contributed by atoms with Gasteiger partial charge in [0.05, 0.1) is 24.1 Å². The van der Waals surface area contributed by atoms with Gasteiger partial charge in [0.15, 0.2) is 15.7 Å². The van der Waals surface area contributed by atoms with Crippen LogP contribution in [0, 0.1) is 12.3 Å². The first-order chi connectivity index (χ1) is 15.9. The Balaban J connectivity index is 1.40. The SMILES string of the molecule is Cc1cc(N2CCC3(CC2)CO[C@@H](C)[C@@H]3N)c2nc(C3CC3)c(-c3nnc(C(F)F)s3)n2c1. The lowest BCUT2D eigenvalue weighted by Crippen LogP contribution is -2.50. The van der Waals surface area contributed by atoms with Gasteiger partial charge >= 0.3 is 0 Å². The molecule has 2 saturated heterocycles. The third kappa shape index (κ3) is 3.45. The van der Waals surface area contributed by atoms with Crippen molar-refractivity contribution in [2.45, 2.75) is 64.0 Å². The van der Waals surface area contributed by atoms with Crippen molar-refractivity contribution in [2.24, 2.45) is 11.1 Å². The minimum atomic E-state index is -2.62. The van der Waals surface area contributed by atoms with Crippen LogP contribution in [0.25, 0.3) is 16.3 Å². The Labute approximate surface area is 195 Å². The first kappa shape index (κ1) is 21.4. The summed E-state index contributed by atoms with van der Waals surface area (Å²) in [6, 6.07) is 2.25. The number of alkyl halides is 2. The smallest absolute Gasteiger partial charge is 0.291 e. The number of aromatic nitrogens is 4. The highest BCUT2D eigenvalue weighted by Gasteiger charge is 2.47. The van der Waals surface area contributed by atoms with Crippen molar-refractivity contribution in [2.75, 3.05) is 24.6 Å². The number of nitrogens with zero attached hydrogens (tertiary/aromatic N) is 5. The second kappa shape index (κ2) is 7.68. The van der Waals surface area contributed by atoms with Crippen LogP contribution in [-0.2, 0) is 4.74 Å². The van der Waals surface area contributed by atoms with Crippen molar-refractivity contribution in [3.05, 3.63) is 28.5 Å². The fourth-order valence-corrected chi connectivity index (χ4v) is 6.20. The maximum absolute atomic E-state index is 13.2. The van der Waals surface area contributed by atoms with E-state index in [9.17, 15) is 8.78 Å². The fourth-order valence-electron chi connectivity index (χ4n) is 5.45. The molecule has 7 nitrogen and oxygen atoms in total. The topological polar surface area (TPSA) is 81.6 Å². The molecule has 3 aromatic rings. The minimum absolute atomic E-state index is 0.0496. The molecule has 6 rings (SSSR count). The molecule has 10 heteroatoms. The number of anilines is 1. The average Bonchev–Trinajstić information content (AvgIpc) is 3.30. The summed E-state index contributed by atoms with van der Waals surface area (Å²) in [5.41, 5.74) is 11.4. The second-order valence-corrected chi connectivity index (χ2v) is 10.9. The predicted octanol–water partition coefficient (Wildman–Crippen LogP) is 4.31. The van der Waals surface area contributed by atoms with E-state index in [2.05, 4.69) is 35.0 Å². The number of piperidine rings is 1. The molecule has 33 heavy (non-hydrogen) atoms. The van der Waals surface area contributed by atoms with E-state index in [-0.39, 0.29) is 22.6 Å². The summed E-state index contributed by atoms with van der Waals surface area (Å²) in [6.45, 7) is 6.63. The van der Waals surface area contributed by atoms with Gasteiger partial charge in [-0.2, -0.15) is 0 Å². The summed E-state index contributed by atoms with van der Waals surface area (Å²) < 4.78 is 34.4. The second-order valence-electron chi connectivity index (χ2n) is 9.85. The zero-order valence-corrected chi connectivity index (χ0v) is 19.6. The van der Waals surface area contributed by atoms with E-state index in [4.69, 9.17) is 15.5 Å². The van der Waals surface area contributed by atoms with Crippen LogP contribution in [-0.4, -0.2) is 51.4 Å². The van der Waals surface area contributed by atoms with Gasteiger partial charge in [-0.1, -0.05) is 11.3 Å². The number of imidazole rings is 1. The van der Waals surface area contributed by atoms with Crippen LogP contribution in [0.2, 0.25) is 0 Å². The van der Waals surface area contributed by atoms with E-state index in [0.29, 0.717) is 10.9 Å². The lowest BCUT2D eigenvalue weighted by Gasteiger charge is -2.42. The molecule has 176 valence electrons. The van der Waals surface area contributed by atoms with Crippen molar-refractivity contribution in [1.82, 2.24) is 19.6 Å². The number of hydrogen-bond donors (Lipinski definition) is 1. The molecule has 0 unspecified atom stereocenters. The number of hydrogen-bond acceptors (Lipinski definition) is 7. The standard InChI is InChI=1S/C23H28F2N6OS/c1-12-9-15(30-7-5-23(6-8-30)11-32-13(2)18(23)26)20-27-16(14-3-4-14)17(31(20)10-12)21-28-29-22(33-21)19(24)25/h9-10,13-14,18-19H,3-8,11,26H2,1-2H3/t13-,18-/m0/s1. The van der Waals surface area contributed by atoms with Crippen molar-refractivity contribution in [3.63, 3.8) is 0 Å². The van der Waals surface area contributed by atoms with Crippen molar-refractivity contribution in [3.8, 4) is 10.7 Å². The predicted molar refractivity (Wildman–Crippen MR) is 123 cm³/mol. The van der Waals surface area contributed by atoms with E-state index in [1.807, 2.05) is 10.6 Å². The van der Waals surface area contributed by atoms with Gasteiger partial charge in [-0.05, 0) is 51.2 Å². The Hall–Kier alpha value is -2.17. The van der Waals surface area contributed by atoms with Crippen molar-refractivity contribution in [1.29, 1.82) is 0 Å². The van der Waals surface area contributed by atoms with Crippen LogP contribution >= 0.6 is 11.3 Å². The first-order valence-corrected chi connectivity index (χ1v) is 12.4. The monoisotopic (exact) mass is 474 g/mol. The molecule has 0 bridgehead atoms. The molecule has 0 amide bonds. The van der Waals surface area contributed by atoms with Gasteiger partial charge in [0.2, 0.25) is 0 Å². The van der Waals surface area contributed by atoms with Gasteiger partial charge < -0.3 is 15.4 Å². The van der Waals surface area contributed by atoms with Crippen LogP contribution in [0.4, 0.5) is 14.5 Å². The molecule has 0 aromatic carbocycles. The minimum Gasteiger partial charge on any atom is -0.376 e. The van der Waals surface area contributed by atoms with Crippen LogP contribution in [0.3, 0.4) is 0 Å². The number of rotatable bonds is 4. The number of aryl methyl sites for hydroxylation is 1. The number of nitrogens with two attached hydrogens (primary N) is 1. The van der Waals surface area contributed by atoms with Gasteiger partial charge in [0, 0.05) is 36.7 Å². The summed E-state index contributed by atoms with van der Waals surface area (Å²) in [6.07, 6.45) is 3.60. The molecule has 5 heterocycles. The van der Waals surface area contributed by atoms with Crippen LogP contribution in [0.1, 0.15) is 61.2 Å². The quantitative estimate of drug-likeness (QED) is 0.607. The normalized spacial score (nSPS) is 25.1. The maximum atomic E-state index is 13.2. The first-order valence-electron chi connectivity index (χ1n) is 11.6. The zero-order valence-electron chi connectivity index (χ0n) is 18.8. The molecule has 0 radical (unpaired) electrons. The van der Waals surface area contributed by atoms with Crippen molar-refractivity contribution < 1.29 is 13.5 Å². The van der Waals surface area contributed by atoms with Crippen LogP contribution in [0.15, 0.2) is 12.3 Å². The molecule has 1 saturated carbocycles. The summed E-state index contributed by atoms with van der Waals surface area (Å²) in [5.74, 6) is 0.353. The molecular weight excluding hydrogens is 446 g/mol. The van der Waals surface area contributed by atoms with E-state index < -0.39 is 6.43 Å². The molecule has 1 aliphatic carbocycles. The molecule has 2 N–H and O–H groups in total. The van der Waals surface area contributed by atoms with Gasteiger partial charge in [-0.25, -0.2) is 13.8 Å². The van der Waals surface area contributed by atoms with E-state index >= 15 is 0 Å². The highest BCUT2D eigenvalue weighted by Crippen LogP contribution is 2.47. The molecular formula is C23H28F2N6OS. The summed E-state index contributed by atoms with van der Waals surface area (Å²) in [4.78, 5) is 7.45. The average molecular weight is 475 g/mol. The number of ether oxygens (including phenoxy) is 1. The maximum Gasteiger partial charge on any atom is 0.291 e. The van der Waals surface area contributed by atoms with Gasteiger partial charge in [-0.15, -0.1) is 10.2 Å². The Morgan fingerprint density at radius 3 is 2.61 bits per heavy atom. The van der Waals surface area contributed by atoms with Crippen molar-refractivity contribution >= 4 is 22.7 Å². The fraction of sp³-hybridized carbons (Fsp3) is 0.609. The summed E-state index contributed by atoms with van der Waals surface area (Å²) in [7, 11) is 0. The third-order valence-corrected chi connectivity index (χ3v) is 8.54. The molecule has 2 aliphatic heterocycles. The largest absolute Gasteiger partial charge is 0.376 e. The Kier molecular flexibility index (Phi) is 4.97. The zero-order chi connectivity index (χ0) is 22.9. The van der Waals surface area contributed by atoms with E-state index in [1.165, 1.54) is 0 Å². The third-order valence-electron chi connectivity index (χ3n) is 7.60. The molecule has 3 aromatic heterocycles. The molecule has 1 spiro atoms. The Bertz CT molecular complexity index is 1200. The molecule has 2 atom stereocenters. The lowest BCUT2D eigenvalue weighted by molar-refractivity contribution is 0.0974. The Morgan fingerprint density at radius 2 is 2.00 bits per heavy atom.